The molecular weight excluding hydrogens is 212 g/mol. The molecular formula is C14H18N2O. The van der Waals surface area contributed by atoms with Crippen LogP contribution < -0.4 is 10.5 Å². The number of aryl methyl sites for hydroxylation is 1. The lowest BCUT2D eigenvalue weighted by atomic mass is 9.98. The van der Waals surface area contributed by atoms with Crippen molar-refractivity contribution in [2.24, 2.45) is 11.7 Å². The number of methoxy groups -OCH3 is 1. The molecule has 0 aliphatic carbocycles. The molecule has 0 bridgehead atoms. The molecule has 0 saturated carbocycles. The molecule has 0 saturated heterocycles. The van der Waals surface area contributed by atoms with E-state index in [1.807, 2.05) is 6.07 Å². The predicted octanol–water partition coefficient (Wildman–Crippen LogP) is 2.17. The molecule has 17 heavy (non-hydrogen) atoms. The van der Waals surface area contributed by atoms with Crippen LogP contribution in [0, 0.1) is 5.92 Å². The van der Waals surface area contributed by atoms with Crippen molar-refractivity contribution in [1.29, 1.82) is 0 Å². The monoisotopic (exact) mass is 230 g/mol. The van der Waals surface area contributed by atoms with Gasteiger partial charge in [-0.3, -0.25) is 0 Å². The fraction of sp³-hybridized carbons (Fsp3) is 0.429. The van der Waals surface area contributed by atoms with E-state index in [2.05, 4.69) is 22.8 Å². The van der Waals surface area contributed by atoms with Crippen LogP contribution in [0.3, 0.4) is 0 Å². The van der Waals surface area contributed by atoms with Crippen molar-refractivity contribution in [1.82, 2.24) is 4.57 Å². The summed E-state index contributed by atoms with van der Waals surface area (Å²) in [5.74, 6) is 1.55. The molecule has 1 atom stereocenters. The Labute approximate surface area is 101 Å². The van der Waals surface area contributed by atoms with Gasteiger partial charge in [-0.1, -0.05) is 0 Å². The van der Waals surface area contributed by atoms with Crippen molar-refractivity contribution in [3.8, 4) is 5.75 Å². The topological polar surface area (TPSA) is 40.2 Å². The molecule has 2 aromatic rings. The lowest BCUT2D eigenvalue weighted by Crippen LogP contribution is -2.25. The van der Waals surface area contributed by atoms with Crippen LogP contribution in [0.4, 0.5) is 0 Å². The molecule has 0 amide bonds. The summed E-state index contributed by atoms with van der Waals surface area (Å²) in [6, 6.07) is 8.57. The van der Waals surface area contributed by atoms with Crippen LogP contribution in [0.25, 0.3) is 10.9 Å². The summed E-state index contributed by atoms with van der Waals surface area (Å²) in [6.07, 6.45) is 2.35. The first-order valence-corrected chi connectivity index (χ1v) is 6.18. The minimum absolute atomic E-state index is 0.625. The molecule has 0 spiro atoms. The molecule has 1 aromatic heterocycles. The Hall–Kier alpha value is -1.48. The molecule has 3 heteroatoms. The summed E-state index contributed by atoms with van der Waals surface area (Å²) in [5.41, 5.74) is 8.52. The first-order chi connectivity index (χ1) is 8.31. The molecule has 1 aromatic carbocycles. The molecule has 0 radical (unpaired) electrons. The summed E-state index contributed by atoms with van der Waals surface area (Å²) < 4.78 is 7.68. The molecule has 1 unspecified atom stereocenters. The number of fused-ring (bicyclic) bond motifs is 3. The number of hydrogen-bond donors (Lipinski definition) is 1. The van der Waals surface area contributed by atoms with Crippen molar-refractivity contribution in [2.45, 2.75) is 19.4 Å². The van der Waals surface area contributed by atoms with E-state index in [0.717, 1.165) is 25.3 Å². The zero-order valence-corrected chi connectivity index (χ0v) is 10.1. The van der Waals surface area contributed by atoms with Crippen LogP contribution in [-0.2, 0) is 13.0 Å². The van der Waals surface area contributed by atoms with Crippen LogP contribution in [0.15, 0.2) is 24.3 Å². The van der Waals surface area contributed by atoms with Gasteiger partial charge in [0, 0.05) is 23.1 Å². The molecule has 2 heterocycles. The van der Waals surface area contributed by atoms with Crippen LogP contribution in [-0.4, -0.2) is 18.2 Å². The van der Waals surface area contributed by atoms with Crippen LogP contribution in [0.5, 0.6) is 5.75 Å². The van der Waals surface area contributed by atoms with Crippen LogP contribution in [0.1, 0.15) is 12.1 Å². The maximum absolute atomic E-state index is 5.79. The van der Waals surface area contributed by atoms with Crippen molar-refractivity contribution < 1.29 is 4.74 Å². The average molecular weight is 230 g/mol. The van der Waals surface area contributed by atoms with E-state index in [4.69, 9.17) is 10.5 Å². The number of nitrogens with two attached hydrogens (primary N) is 1. The van der Waals surface area contributed by atoms with E-state index in [1.165, 1.54) is 23.0 Å². The van der Waals surface area contributed by atoms with E-state index in [1.54, 1.807) is 7.11 Å². The second kappa shape index (κ2) is 4.08. The Bertz CT molecular complexity index is 544. The first-order valence-electron chi connectivity index (χ1n) is 6.18. The van der Waals surface area contributed by atoms with Crippen molar-refractivity contribution in [2.75, 3.05) is 13.7 Å². The fourth-order valence-electron chi connectivity index (χ4n) is 2.75. The molecule has 0 fully saturated rings. The van der Waals surface area contributed by atoms with Gasteiger partial charge in [-0.15, -0.1) is 0 Å². The van der Waals surface area contributed by atoms with E-state index >= 15 is 0 Å². The van der Waals surface area contributed by atoms with E-state index in [0.29, 0.717) is 5.92 Å². The maximum atomic E-state index is 5.79. The van der Waals surface area contributed by atoms with Gasteiger partial charge < -0.3 is 15.0 Å². The van der Waals surface area contributed by atoms with Crippen LogP contribution >= 0.6 is 0 Å². The third kappa shape index (κ3) is 1.71. The second-order valence-corrected chi connectivity index (χ2v) is 4.81. The Morgan fingerprint density at radius 1 is 1.41 bits per heavy atom. The van der Waals surface area contributed by atoms with Gasteiger partial charge >= 0.3 is 0 Å². The zero-order chi connectivity index (χ0) is 11.8. The van der Waals surface area contributed by atoms with Gasteiger partial charge in [0.1, 0.15) is 5.75 Å². The van der Waals surface area contributed by atoms with Crippen molar-refractivity contribution in [3.63, 3.8) is 0 Å². The smallest absolute Gasteiger partial charge is 0.119 e. The first kappa shape index (κ1) is 10.7. The summed E-state index contributed by atoms with van der Waals surface area (Å²) in [6.45, 7) is 1.84. The Kier molecular flexibility index (Phi) is 2.56. The average Bonchev–Trinajstić information content (AvgIpc) is 2.74. The van der Waals surface area contributed by atoms with E-state index in [9.17, 15) is 0 Å². The van der Waals surface area contributed by atoms with Gasteiger partial charge in [0.2, 0.25) is 0 Å². The molecule has 90 valence electrons. The predicted molar refractivity (Wildman–Crippen MR) is 69.4 cm³/mol. The highest BCUT2D eigenvalue weighted by Gasteiger charge is 2.19. The summed E-state index contributed by atoms with van der Waals surface area (Å²) >= 11 is 0. The minimum atomic E-state index is 0.625. The number of rotatable bonds is 2. The van der Waals surface area contributed by atoms with Gasteiger partial charge in [-0.05, 0) is 49.6 Å². The Balaban J connectivity index is 2.09. The van der Waals surface area contributed by atoms with Crippen molar-refractivity contribution in [3.05, 3.63) is 30.0 Å². The number of benzene rings is 1. The lowest BCUT2D eigenvalue weighted by molar-refractivity contribution is 0.385. The minimum Gasteiger partial charge on any atom is -0.497 e. The summed E-state index contributed by atoms with van der Waals surface area (Å²) in [5, 5.41) is 1.28. The zero-order valence-electron chi connectivity index (χ0n) is 10.1. The van der Waals surface area contributed by atoms with E-state index in [-0.39, 0.29) is 0 Å². The number of nitrogens with zero attached hydrogens (tertiary/aromatic N) is 1. The van der Waals surface area contributed by atoms with Crippen molar-refractivity contribution >= 4 is 10.9 Å². The van der Waals surface area contributed by atoms with Gasteiger partial charge in [0.15, 0.2) is 0 Å². The van der Waals surface area contributed by atoms with Crippen LogP contribution in [0.2, 0.25) is 0 Å². The molecule has 1 aliphatic heterocycles. The molecule has 3 rings (SSSR count). The van der Waals surface area contributed by atoms with Gasteiger partial charge in [-0.2, -0.15) is 0 Å². The molecule has 1 aliphatic rings. The largest absolute Gasteiger partial charge is 0.497 e. The fourth-order valence-corrected chi connectivity index (χ4v) is 2.75. The van der Waals surface area contributed by atoms with E-state index < -0.39 is 0 Å². The second-order valence-electron chi connectivity index (χ2n) is 4.81. The van der Waals surface area contributed by atoms with Gasteiger partial charge in [0.05, 0.1) is 7.11 Å². The Morgan fingerprint density at radius 3 is 3.06 bits per heavy atom. The highest BCUT2D eigenvalue weighted by molar-refractivity contribution is 5.83. The quantitative estimate of drug-likeness (QED) is 0.859. The standard InChI is InChI=1S/C14H18N2O/c1-17-13-4-5-14-11(7-13)6-12-3-2-10(8-15)9-16(12)14/h4-7,10H,2-3,8-9,15H2,1H3. The summed E-state index contributed by atoms with van der Waals surface area (Å²) in [7, 11) is 1.71. The third-order valence-corrected chi connectivity index (χ3v) is 3.78. The Morgan fingerprint density at radius 2 is 2.29 bits per heavy atom. The van der Waals surface area contributed by atoms with Gasteiger partial charge in [-0.25, -0.2) is 0 Å². The number of ether oxygens (including phenoxy) is 1. The number of aromatic nitrogens is 1. The highest BCUT2D eigenvalue weighted by atomic mass is 16.5. The molecule has 3 nitrogen and oxygen atoms in total. The normalized spacial score (nSPS) is 19.3. The molecule has 2 N–H and O–H groups in total. The summed E-state index contributed by atoms with van der Waals surface area (Å²) in [4.78, 5) is 0. The number of hydrogen-bond acceptors (Lipinski definition) is 2. The highest BCUT2D eigenvalue weighted by Crippen LogP contribution is 2.29. The maximum Gasteiger partial charge on any atom is 0.119 e. The van der Waals surface area contributed by atoms with Gasteiger partial charge in [0.25, 0.3) is 0 Å². The SMILES string of the molecule is COc1ccc2c(c1)cc1n2CC(CN)CC1. The lowest BCUT2D eigenvalue weighted by Gasteiger charge is -2.24. The third-order valence-electron chi connectivity index (χ3n) is 3.78.